The number of amides is 1. The van der Waals surface area contributed by atoms with Gasteiger partial charge in [0.05, 0.1) is 12.3 Å². The molecule has 3 rings (SSSR count). The summed E-state index contributed by atoms with van der Waals surface area (Å²) in [5.41, 5.74) is 0.843. The smallest absolute Gasteiger partial charge is 0.249 e. The fraction of sp³-hybridized carbons (Fsp3) is 0.412. The Labute approximate surface area is 139 Å². The highest BCUT2D eigenvalue weighted by Crippen LogP contribution is 2.28. The zero-order chi connectivity index (χ0) is 17.3. The second-order valence-corrected chi connectivity index (χ2v) is 6.58. The van der Waals surface area contributed by atoms with Crippen molar-refractivity contribution in [3.8, 4) is 0 Å². The Bertz CT molecular complexity index is 727. The fourth-order valence-electron chi connectivity index (χ4n) is 2.54. The van der Waals surface area contributed by atoms with Crippen LogP contribution in [0.3, 0.4) is 0 Å². The minimum absolute atomic E-state index is 0.0755. The monoisotopic (exact) mass is 333 g/mol. The summed E-state index contributed by atoms with van der Waals surface area (Å²) in [4.78, 5) is 14.3. The van der Waals surface area contributed by atoms with Gasteiger partial charge in [-0.25, -0.2) is 4.39 Å². The molecular formula is C17H20FN3O3. The number of benzene rings is 1. The largest absolute Gasteiger partial charge is 0.395 e. The maximum Gasteiger partial charge on any atom is 0.249 e. The molecule has 1 atom stereocenters. The van der Waals surface area contributed by atoms with Crippen LogP contribution in [0, 0.1) is 5.82 Å². The van der Waals surface area contributed by atoms with E-state index in [2.05, 4.69) is 10.5 Å². The third-order valence-electron chi connectivity index (χ3n) is 4.33. The van der Waals surface area contributed by atoms with E-state index in [9.17, 15) is 14.3 Å². The molecule has 1 aromatic carbocycles. The van der Waals surface area contributed by atoms with Crippen LogP contribution in [-0.4, -0.2) is 35.4 Å². The third-order valence-corrected chi connectivity index (χ3v) is 4.33. The van der Waals surface area contributed by atoms with E-state index >= 15 is 0 Å². The van der Waals surface area contributed by atoms with Gasteiger partial charge in [0.1, 0.15) is 11.9 Å². The molecule has 128 valence electrons. The lowest BCUT2D eigenvalue weighted by Crippen LogP contribution is -2.54. The van der Waals surface area contributed by atoms with Crippen molar-refractivity contribution in [1.29, 1.82) is 0 Å². The number of aromatic nitrogens is 1. The van der Waals surface area contributed by atoms with Crippen molar-refractivity contribution in [3.05, 3.63) is 41.8 Å². The van der Waals surface area contributed by atoms with E-state index in [1.165, 1.54) is 12.1 Å². The van der Waals surface area contributed by atoms with Crippen molar-refractivity contribution in [2.24, 2.45) is 0 Å². The number of aliphatic hydroxyl groups is 1. The number of hydrogen-bond donors (Lipinski definition) is 2. The topological polar surface area (TPSA) is 78.6 Å². The Morgan fingerprint density at radius 1 is 1.46 bits per heavy atom. The summed E-state index contributed by atoms with van der Waals surface area (Å²) < 4.78 is 18.1. The molecule has 0 spiro atoms. The van der Waals surface area contributed by atoms with Gasteiger partial charge in [0.2, 0.25) is 11.8 Å². The Kier molecular flexibility index (Phi) is 4.28. The average Bonchev–Trinajstić information content (AvgIpc) is 2.97. The molecule has 2 heterocycles. The van der Waals surface area contributed by atoms with Crippen LogP contribution in [0.2, 0.25) is 0 Å². The highest BCUT2D eigenvalue weighted by molar-refractivity contribution is 5.97. The van der Waals surface area contributed by atoms with Crippen LogP contribution < -0.4 is 10.2 Å². The highest BCUT2D eigenvalue weighted by Gasteiger charge is 2.35. The van der Waals surface area contributed by atoms with E-state index in [1.807, 2.05) is 18.7 Å². The molecule has 2 aromatic rings. The first-order valence-electron chi connectivity index (χ1n) is 7.82. The Morgan fingerprint density at radius 2 is 2.17 bits per heavy atom. The van der Waals surface area contributed by atoms with E-state index in [4.69, 9.17) is 4.52 Å². The molecule has 0 bridgehead atoms. The number of hydrogen-bond acceptors (Lipinski definition) is 5. The first-order chi connectivity index (χ1) is 11.4. The number of rotatable bonds is 5. The molecule has 6 nitrogen and oxygen atoms in total. The molecule has 1 amide bonds. The van der Waals surface area contributed by atoms with Crippen molar-refractivity contribution in [3.63, 3.8) is 0 Å². The minimum Gasteiger partial charge on any atom is -0.395 e. The van der Waals surface area contributed by atoms with Crippen LogP contribution in [0.5, 0.6) is 0 Å². The molecule has 1 aliphatic heterocycles. The summed E-state index contributed by atoms with van der Waals surface area (Å²) in [7, 11) is 0. The Morgan fingerprint density at radius 3 is 2.75 bits per heavy atom. The molecule has 1 aliphatic rings. The van der Waals surface area contributed by atoms with Crippen molar-refractivity contribution in [2.45, 2.75) is 31.7 Å². The summed E-state index contributed by atoms with van der Waals surface area (Å²) in [5.74, 6) is -0.251. The lowest BCUT2D eigenvalue weighted by molar-refractivity contribution is -0.118. The van der Waals surface area contributed by atoms with E-state index in [-0.39, 0.29) is 30.3 Å². The SMILES string of the molecule is CC(C)(CO)c1cc(NC(=O)[C@@H]2CCN2c2ccc(F)cc2)on1. The normalized spacial score (nSPS) is 17.5. The lowest BCUT2D eigenvalue weighted by atomic mass is 9.91. The van der Waals surface area contributed by atoms with E-state index in [1.54, 1.807) is 18.2 Å². The number of halogens is 1. The second kappa shape index (κ2) is 6.24. The van der Waals surface area contributed by atoms with Crippen LogP contribution in [-0.2, 0) is 10.2 Å². The number of carbonyl (C=O) groups excluding carboxylic acids is 1. The Hall–Kier alpha value is -2.41. The number of nitrogens with one attached hydrogen (secondary N) is 1. The fourth-order valence-corrected chi connectivity index (χ4v) is 2.54. The number of aliphatic hydroxyl groups excluding tert-OH is 1. The molecule has 1 saturated heterocycles. The molecule has 24 heavy (non-hydrogen) atoms. The van der Waals surface area contributed by atoms with Gasteiger partial charge in [-0.05, 0) is 30.7 Å². The van der Waals surface area contributed by atoms with Gasteiger partial charge in [-0.15, -0.1) is 0 Å². The van der Waals surface area contributed by atoms with Crippen molar-refractivity contribution in [2.75, 3.05) is 23.4 Å². The van der Waals surface area contributed by atoms with Gasteiger partial charge in [-0.3, -0.25) is 10.1 Å². The zero-order valence-electron chi connectivity index (χ0n) is 13.6. The van der Waals surface area contributed by atoms with E-state index in [0.717, 1.165) is 12.2 Å². The summed E-state index contributed by atoms with van der Waals surface area (Å²) >= 11 is 0. The second-order valence-electron chi connectivity index (χ2n) is 6.58. The zero-order valence-corrected chi connectivity index (χ0v) is 13.6. The van der Waals surface area contributed by atoms with Gasteiger partial charge < -0.3 is 14.5 Å². The molecule has 0 radical (unpaired) electrons. The summed E-state index contributed by atoms with van der Waals surface area (Å²) in [6, 6.07) is 7.37. The van der Waals surface area contributed by atoms with Crippen molar-refractivity contribution < 1.29 is 18.8 Å². The first-order valence-corrected chi connectivity index (χ1v) is 7.82. The molecule has 1 fully saturated rings. The average molecular weight is 333 g/mol. The summed E-state index contributed by atoms with van der Waals surface area (Å²) in [6.07, 6.45) is 0.715. The van der Waals surface area contributed by atoms with Gasteiger partial charge in [-0.1, -0.05) is 19.0 Å². The molecular weight excluding hydrogens is 313 g/mol. The van der Waals surface area contributed by atoms with Crippen molar-refractivity contribution >= 4 is 17.5 Å². The number of nitrogens with zero attached hydrogens (tertiary/aromatic N) is 2. The van der Waals surface area contributed by atoms with Gasteiger partial charge in [-0.2, -0.15) is 0 Å². The number of anilines is 2. The highest BCUT2D eigenvalue weighted by atomic mass is 19.1. The van der Waals surface area contributed by atoms with E-state index < -0.39 is 5.41 Å². The molecule has 2 N–H and O–H groups in total. The van der Waals surface area contributed by atoms with Crippen LogP contribution in [0.1, 0.15) is 26.0 Å². The number of carbonyl (C=O) groups is 1. The summed E-state index contributed by atoms with van der Waals surface area (Å²) in [6.45, 7) is 4.33. The van der Waals surface area contributed by atoms with Crippen LogP contribution in [0.4, 0.5) is 16.0 Å². The van der Waals surface area contributed by atoms with E-state index in [0.29, 0.717) is 12.1 Å². The quantitative estimate of drug-likeness (QED) is 0.878. The van der Waals surface area contributed by atoms with Gasteiger partial charge in [0.15, 0.2) is 0 Å². The molecule has 0 unspecified atom stereocenters. The Balaban J connectivity index is 1.66. The van der Waals surface area contributed by atoms with Gasteiger partial charge in [0.25, 0.3) is 0 Å². The first kappa shape index (κ1) is 16.4. The molecule has 0 saturated carbocycles. The van der Waals surface area contributed by atoms with Gasteiger partial charge >= 0.3 is 0 Å². The minimum atomic E-state index is -0.539. The lowest BCUT2D eigenvalue weighted by Gasteiger charge is -2.41. The molecule has 0 aliphatic carbocycles. The predicted molar refractivity (Wildman–Crippen MR) is 87.4 cm³/mol. The molecule has 7 heteroatoms. The predicted octanol–water partition coefficient (Wildman–Crippen LogP) is 2.30. The van der Waals surface area contributed by atoms with Crippen LogP contribution in [0.25, 0.3) is 0 Å². The maximum atomic E-state index is 13.0. The maximum absolute atomic E-state index is 13.0. The van der Waals surface area contributed by atoms with Crippen LogP contribution in [0.15, 0.2) is 34.9 Å². The van der Waals surface area contributed by atoms with Crippen LogP contribution >= 0.6 is 0 Å². The summed E-state index contributed by atoms with van der Waals surface area (Å²) in [5, 5.41) is 16.0. The standard InChI is InChI=1S/C17H20FN3O3/c1-17(2,10-22)14-9-15(24-20-14)19-16(23)13-7-8-21(13)12-5-3-11(18)4-6-12/h3-6,9,13,22H,7-8,10H2,1-2H3,(H,19,23)/t13-/m0/s1. The molecule has 1 aromatic heterocycles. The third kappa shape index (κ3) is 3.12. The van der Waals surface area contributed by atoms with Gasteiger partial charge in [0, 0.05) is 23.7 Å². The van der Waals surface area contributed by atoms with Crippen molar-refractivity contribution in [1.82, 2.24) is 5.16 Å².